The summed E-state index contributed by atoms with van der Waals surface area (Å²) in [4.78, 5) is 17.9. The van der Waals surface area contributed by atoms with Crippen LogP contribution in [0.1, 0.15) is 41.3 Å². The second-order valence-electron chi connectivity index (χ2n) is 8.15. The molecular formula is C23H27N5O2. The maximum absolute atomic E-state index is 13.3. The van der Waals surface area contributed by atoms with Gasteiger partial charge in [-0.15, -0.1) is 0 Å². The fourth-order valence-corrected chi connectivity index (χ4v) is 4.57. The topological polar surface area (TPSA) is 81.1 Å². The lowest BCUT2D eigenvalue weighted by Gasteiger charge is -2.25. The first-order valence-electron chi connectivity index (χ1n) is 10.8. The van der Waals surface area contributed by atoms with Gasteiger partial charge in [-0.1, -0.05) is 24.3 Å². The summed E-state index contributed by atoms with van der Waals surface area (Å²) in [5.41, 5.74) is 4.81. The molecule has 2 aliphatic rings. The van der Waals surface area contributed by atoms with Crippen LogP contribution in [-0.2, 0) is 24.1 Å². The summed E-state index contributed by atoms with van der Waals surface area (Å²) in [6, 6.07) is 8.68. The second kappa shape index (κ2) is 8.07. The number of carbonyl (C=O) groups is 1. The van der Waals surface area contributed by atoms with Gasteiger partial charge < -0.3 is 15.4 Å². The van der Waals surface area contributed by atoms with Crippen molar-refractivity contribution < 1.29 is 9.53 Å². The maximum Gasteiger partial charge on any atom is 0.255 e. The summed E-state index contributed by atoms with van der Waals surface area (Å²) >= 11 is 0. The standard InChI is InChI=1S/C23H27N5O2/c1-2-28-22-19(13-25-28)21(26-17-8-5-9-30-14-17)20(12-24-22)23(29)27-18-10-15-6-3-4-7-16(15)11-18/h3-4,6-7,12-13,17-18H,2,5,8-11,14H2,1H3,(H,24,26)(H,27,29). The Morgan fingerprint density at radius 1 is 1.20 bits per heavy atom. The number of aromatic nitrogens is 3. The number of nitrogens with one attached hydrogen (secondary N) is 2. The monoisotopic (exact) mass is 405 g/mol. The minimum absolute atomic E-state index is 0.0920. The van der Waals surface area contributed by atoms with Crippen LogP contribution in [0.5, 0.6) is 0 Å². The largest absolute Gasteiger partial charge is 0.379 e. The molecule has 7 heteroatoms. The molecule has 1 atom stereocenters. The van der Waals surface area contributed by atoms with E-state index in [0.29, 0.717) is 12.2 Å². The quantitative estimate of drug-likeness (QED) is 0.682. The molecule has 1 fully saturated rings. The van der Waals surface area contributed by atoms with Crippen molar-refractivity contribution in [3.63, 3.8) is 0 Å². The Hall–Kier alpha value is -2.93. The lowest BCUT2D eigenvalue weighted by Crippen LogP contribution is -2.36. The fourth-order valence-electron chi connectivity index (χ4n) is 4.57. The maximum atomic E-state index is 13.3. The van der Waals surface area contributed by atoms with Crippen LogP contribution in [0.25, 0.3) is 11.0 Å². The number of pyridine rings is 1. The summed E-state index contributed by atoms with van der Waals surface area (Å²) in [5, 5.41) is 12.1. The zero-order valence-corrected chi connectivity index (χ0v) is 17.2. The second-order valence-corrected chi connectivity index (χ2v) is 8.15. The summed E-state index contributed by atoms with van der Waals surface area (Å²) in [5.74, 6) is -0.0920. The molecule has 0 saturated carbocycles. The minimum Gasteiger partial charge on any atom is -0.379 e. The van der Waals surface area contributed by atoms with Gasteiger partial charge in [0.05, 0.1) is 29.4 Å². The molecule has 3 aromatic rings. The van der Waals surface area contributed by atoms with Crippen LogP contribution >= 0.6 is 0 Å². The van der Waals surface area contributed by atoms with Crippen molar-refractivity contribution in [1.29, 1.82) is 0 Å². The molecule has 2 aromatic heterocycles. The molecule has 1 aliphatic carbocycles. The van der Waals surface area contributed by atoms with Gasteiger partial charge >= 0.3 is 0 Å². The van der Waals surface area contributed by atoms with Crippen molar-refractivity contribution in [2.45, 2.75) is 51.2 Å². The van der Waals surface area contributed by atoms with Gasteiger partial charge in [0.1, 0.15) is 0 Å². The number of aryl methyl sites for hydroxylation is 1. The van der Waals surface area contributed by atoms with E-state index in [4.69, 9.17) is 4.74 Å². The number of carbonyl (C=O) groups excluding carboxylic acids is 1. The van der Waals surface area contributed by atoms with E-state index in [0.717, 1.165) is 55.6 Å². The van der Waals surface area contributed by atoms with E-state index in [1.54, 1.807) is 12.4 Å². The highest BCUT2D eigenvalue weighted by Crippen LogP contribution is 2.29. The normalized spacial score (nSPS) is 19.0. The SMILES string of the molecule is CCn1ncc2c(NC3CCCOC3)c(C(=O)NC3Cc4ccccc4C3)cnc21. The van der Waals surface area contributed by atoms with E-state index in [1.807, 2.05) is 11.6 Å². The Kier molecular flexibility index (Phi) is 5.12. The molecule has 1 amide bonds. The molecule has 0 spiro atoms. The van der Waals surface area contributed by atoms with E-state index in [-0.39, 0.29) is 18.0 Å². The molecule has 7 nitrogen and oxygen atoms in total. The lowest BCUT2D eigenvalue weighted by molar-refractivity contribution is 0.0873. The highest BCUT2D eigenvalue weighted by atomic mass is 16.5. The van der Waals surface area contributed by atoms with Crippen LogP contribution in [0.15, 0.2) is 36.7 Å². The van der Waals surface area contributed by atoms with Crippen LogP contribution in [0.3, 0.4) is 0 Å². The Morgan fingerprint density at radius 3 is 2.70 bits per heavy atom. The van der Waals surface area contributed by atoms with Crippen LogP contribution in [-0.4, -0.2) is 46.0 Å². The summed E-state index contributed by atoms with van der Waals surface area (Å²) < 4.78 is 7.49. The van der Waals surface area contributed by atoms with E-state index in [2.05, 4.69) is 45.0 Å². The number of hydrogen-bond donors (Lipinski definition) is 2. The van der Waals surface area contributed by atoms with Crippen LogP contribution < -0.4 is 10.6 Å². The molecule has 0 radical (unpaired) electrons. The predicted octanol–water partition coefficient (Wildman–Crippen LogP) is 2.94. The number of ether oxygens (including phenoxy) is 1. The first-order valence-corrected chi connectivity index (χ1v) is 10.8. The van der Waals surface area contributed by atoms with Gasteiger partial charge in [-0.25, -0.2) is 9.67 Å². The first-order chi connectivity index (χ1) is 14.7. The van der Waals surface area contributed by atoms with Gasteiger partial charge in [-0.05, 0) is 43.7 Å². The van der Waals surface area contributed by atoms with Crippen molar-refractivity contribution in [2.75, 3.05) is 18.5 Å². The van der Waals surface area contributed by atoms with Gasteiger partial charge in [0.25, 0.3) is 5.91 Å². The average Bonchev–Trinajstić information content (AvgIpc) is 3.38. The summed E-state index contributed by atoms with van der Waals surface area (Å²) in [6.45, 7) is 4.21. The highest BCUT2D eigenvalue weighted by Gasteiger charge is 2.26. The highest BCUT2D eigenvalue weighted by molar-refractivity contribution is 6.06. The van der Waals surface area contributed by atoms with Crippen molar-refractivity contribution in [2.24, 2.45) is 0 Å². The molecule has 1 aliphatic heterocycles. The molecule has 156 valence electrons. The molecule has 30 heavy (non-hydrogen) atoms. The van der Waals surface area contributed by atoms with E-state index in [1.165, 1.54) is 11.1 Å². The number of hydrogen-bond acceptors (Lipinski definition) is 5. The van der Waals surface area contributed by atoms with E-state index < -0.39 is 0 Å². The molecular weight excluding hydrogens is 378 g/mol. The third kappa shape index (κ3) is 3.54. The van der Waals surface area contributed by atoms with E-state index >= 15 is 0 Å². The van der Waals surface area contributed by atoms with E-state index in [9.17, 15) is 4.79 Å². The minimum atomic E-state index is -0.0920. The Balaban J connectivity index is 1.43. The van der Waals surface area contributed by atoms with Gasteiger partial charge in [0.2, 0.25) is 0 Å². The smallest absolute Gasteiger partial charge is 0.255 e. The molecule has 1 unspecified atom stereocenters. The third-order valence-corrected chi connectivity index (χ3v) is 6.11. The number of fused-ring (bicyclic) bond motifs is 2. The number of benzene rings is 1. The summed E-state index contributed by atoms with van der Waals surface area (Å²) in [7, 11) is 0. The van der Waals surface area contributed by atoms with Crippen LogP contribution in [0.4, 0.5) is 5.69 Å². The average molecular weight is 406 g/mol. The zero-order valence-electron chi connectivity index (χ0n) is 17.2. The molecule has 2 N–H and O–H groups in total. The van der Waals surface area contributed by atoms with Crippen molar-refractivity contribution in [3.05, 3.63) is 53.3 Å². The summed E-state index contributed by atoms with van der Waals surface area (Å²) in [6.07, 6.45) is 7.25. The molecule has 1 saturated heterocycles. The van der Waals surface area contributed by atoms with Gasteiger partial charge in [0, 0.05) is 31.4 Å². The van der Waals surface area contributed by atoms with Gasteiger partial charge in [-0.3, -0.25) is 4.79 Å². The number of anilines is 1. The number of amides is 1. The fraction of sp³-hybridized carbons (Fsp3) is 0.435. The first kappa shape index (κ1) is 19.1. The molecule has 0 bridgehead atoms. The van der Waals surface area contributed by atoms with Crippen LogP contribution in [0, 0.1) is 0 Å². The predicted molar refractivity (Wildman–Crippen MR) is 116 cm³/mol. The Labute approximate surface area is 175 Å². The molecule has 5 rings (SSSR count). The Bertz CT molecular complexity index is 1050. The van der Waals surface area contributed by atoms with Crippen molar-refractivity contribution in [1.82, 2.24) is 20.1 Å². The lowest BCUT2D eigenvalue weighted by atomic mass is 10.1. The van der Waals surface area contributed by atoms with Gasteiger partial charge in [0.15, 0.2) is 5.65 Å². The zero-order chi connectivity index (χ0) is 20.5. The Morgan fingerprint density at radius 2 is 2.00 bits per heavy atom. The molecule has 3 heterocycles. The molecule has 1 aromatic carbocycles. The van der Waals surface area contributed by atoms with Crippen LogP contribution in [0.2, 0.25) is 0 Å². The van der Waals surface area contributed by atoms with Gasteiger partial charge in [-0.2, -0.15) is 5.10 Å². The number of nitrogens with zero attached hydrogens (tertiary/aromatic N) is 3. The number of rotatable bonds is 5. The van der Waals surface area contributed by atoms with Crippen molar-refractivity contribution >= 4 is 22.6 Å². The van der Waals surface area contributed by atoms with Crippen molar-refractivity contribution in [3.8, 4) is 0 Å². The third-order valence-electron chi connectivity index (χ3n) is 6.11.